The summed E-state index contributed by atoms with van der Waals surface area (Å²) in [4.78, 5) is 11.7. The van der Waals surface area contributed by atoms with E-state index in [1.807, 2.05) is 13.8 Å². The lowest BCUT2D eigenvalue weighted by Crippen LogP contribution is -2.46. The summed E-state index contributed by atoms with van der Waals surface area (Å²) in [6.07, 6.45) is 0.143. The number of hydrogen-bond donors (Lipinski definition) is 2. The lowest BCUT2D eigenvalue weighted by molar-refractivity contribution is 0.0499. The van der Waals surface area contributed by atoms with Crippen LogP contribution in [0.15, 0.2) is 0 Å². The summed E-state index contributed by atoms with van der Waals surface area (Å²) in [5.41, 5.74) is -0.574. The number of carbonyl (C=O) groups is 1. The average Bonchev–Trinajstić information content (AvgIpc) is 2.22. The molecule has 0 aromatic rings. The van der Waals surface area contributed by atoms with Crippen molar-refractivity contribution in [2.24, 2.45) is 5.92 Å². The fourth-order valence-electron chi connectivity index (χ4n) is 1.57. The van der Waals surface area contributed by atoms with Crippen molar-refractivity contribution < 1.29 is 17.9 Å². The molecule has 0 rings (SSSR count). The standard InChI is InChI=1S/C13H28N2O4S/c1-7-20(17,18)14-9-11(8-10(2)3)15-12(16)19-13(4,5)6/h10-11,14H,7-9H2,1-6H3,(H,15,16)/t11-/m0/s1. The van der Waals surface area contributed by atoms with Gasteiger partial charge in [-0.05, 0) is 40.0 Å². The van der Waals surface area contributed by atoms with E-state index in [0.29, 0.717) is 12.3 Å². The Morgan fingerprint density at radius 1 is 1.25 bits per heavy atom. The fourth-order valence-corrected chi connectivity index (χ4v) is 2.23. The molecule has 7 heteroatoms. The molecule has 120 valence electrons. The molecule has 0 saturated heterocycles. The second-order valence-corrected chi connectivity index (χ2v) is 8.32. The Morgan fingerprint density at radius 2 is 1.80 bits per heavy atom. The van der Waals surface area contributed by atoms with E-state index < -0.39 is 21.7 Å². The van der Waals surface area contributed by atoms with Gasteiger partial charge in [0.25, 0.3) is 0 Å². The van der Waals surface area contributed by atoms with Gasteiger partial charge in [0.2, 0.25) is 10.0 Å². The number of ether oxygens (including phenoxy) is 1. The van der Waals surface area contributed by atoms with Crippen LogP contribution in [0.2, 0.25) is 0 Å². The Hall–Kier alpha value is -0.820. The predicted octanol–water partition coefficient (Wildman–Crippen LogP) is 1.87. The summed E-state index contributed by atoms with van der Waals surface area (Å²) in [5, 5.41) is 2.71. The maximum atomic E-state index is 11.7. The lowest BCUT2D eigenvalue weighted by Gasteiger charge is -2.24. The summed E-state index contributed by atoms with van der Waals surface area (Å²) in [6, 6.07) is -0.286. The summed E-state index contributed by atoms with van der Waals surface area (Å²) in [6.45, 7) is 11.1. The molecule has 0 aliphatic rings. The van der Waals surface area contributed by atoms with Crippen LogP contribution in [0, 0.1) is 5.92 Å². The van der Waals surface area contributed by atoms with Crippen molar-refractivity contribution in [2.75, 3.05) is 12.3 Å². The van der Waals surface area contributed by atoms with E-state index in [4.69, 9.17) is 4.74 Å². The molecule has 1 atom stereocenters. The van der Waals surface area contributed by atoms with Crippen LogP contribution in [0.1, 0.15) is 48.0 Å². The zero-order valence-electron chi connectivity index (χ0n) is 13.3. The first-order valence-electron chi connectivity index (χ1n) is 6.92. The van der Waals surface area contributed by atoms with Crippen molar-refractivity contribution in [3.8, 4) is 0 Å². The molecule has 0 unspecified atom stereocenters. The van der Waals surface area contributed by atoms with Gasteiger partial charge in [-0.25, -0.2) is 17.9 Å². The number of hydrogen-bond acceptors (Lipinski definition) is 4. The third-order valence-corrected chi connectivity index (χ3v) is 3.77. The first-order chi connectivity index (χ1) is 8.95. The van der Waals surface area contributed by atoms with Gasteiger partial charge < -0.3 is 10.1 Å². The van der Waals surface area contributed by atoms with Crippen molar-refractivity contribution >= 4 is 16.1 Å². The van der Waals surface area contributed by atoms with E-state index in [1.54, 1.807) is 27.7 Å². The Labute approximate surface area is 122 Å². The molecule has 20 heavy (non-hydrogen) atoms. The van der Waals surface area contributed by atoms with Crippen LogP contribution in [0.25, 0.3) is 0 Å². The third kappa shape index (κ3) is 10.0. The molecule has 0 bridgehead atoms. The molecule has 0 fully saturated rings. The number of rotatable bonds is 7. The van der Waals surface area contributed by atoms with E-state index >= 15 is 0 Å². The van der Waals surface area contributed by atoms with Crippen LogP contribution in [0.3, 0.4) is 0 Å². The topological polar surface area (TPSA) is 84.5 Å². The Balaban J connectivity index is 4.53. The molecule has 0 aliphatic carbocycles. The highest BCUT2D eigenvalue weighted by molar-refractivity contribution is 7.89. The van der Waals surface area contributed by atoms with Gasteiger partial charge in [0.05, 0.1) is 5.75 Å². The van der Waals surface area contributed by atoms with Crippen LogP contribution < -0.4 is 10.0 Å². The van der Waals surface area contributed by atoms with Gasteiger partial charge in [-0.15, -0.1) is 0 Å². The summed E-state index contributed by atoms with van der Waals surface area (Å²) in [7, 11) is -3.26. The molecule has 0 aliphatic heterocycles. The zero-order valence-corrected chi connectivity index (χ0v) is 14.1. The fraction of sp³-hybridized carbons (Fsp3) is 0.923. The van der Waals surface area contributed by atoms with Crippen LogP contribution in [0.4, 0.5) is 4.79 Å². The predicted molar refractivity (Wildman–Crippen MR) is 80.1 cm³/mol. The second kappa shape index (κ2) is 7.83. The number of nitrogens with one attached hydrogen (secondary N) is 2. The molecular formula is C13H28N2O4S. The van der Waals surface area contributed by atoms with Gasteiger partial charge >= 0.3 is 6.09 Å². The van der Waals surface area contributed by atoms with Crippen molar-refractivity contribution in [1.29, 1.82) is 0 Å². The minimum absolute atomic E-state index is 0.0217. The first kappa shape index (κ1) is 19.2. The zero-order chi connectivity index (χ0) is 16.0. The van der Waals surface area contributed by atoms with Gasteiger partial charge in [0, 0.05) is 12.6 Å². The van der Waals surface area contributed by atoms with Gasteiger partial charge in [-0.2, -0.15) is 0 Å². The van der Waals surface area contributed by atoms with E-state index in [1.165, 1.54) is 0 Å². The van der Waals surface area contributed by atoms with Crippen LogP contribution >= 0.6 is 0 Å². The summed E-state index contributed by atoms with van der Waals surface area (Å²) in [5.74, 6) is 0.356. The molecule has 6 nitrogen and oxygen atoms in total. The smallest absolute Gasteiger partial charge is 0.407 e. The molecule has 0 spiro atoms. The van der Waals surface area contributed by atoms with Crippen LogP contribution in [0.5, 0.6) is 0 Å². The quantitative estimate of drug-likeness (QED) is 0.752. The number of sulfonamides is 1. The van der Waals surface area contributed by atoms with E-state index in [0.717, 1.165) is 0 Å². The largest absolute Gasteiger partial charge is 0.444 e. The monoisotopic (exact) mass is 308 g/mol. The normalized spacial score (nSPS) is 14.2. The van der Waals surface area contributed by atoms with Gasteiger partial charge in [-0.1, -0.05) is 13.8 Å². The van der Waals surface area contributed by atoms with E-state index in [2.05, 4.69) is 10.0 Å². The first-order valence-corrected chi connectivity index (χ1v) is 8.57. The number of alkyl carbamates (subject to hydrolysis) is 1. The molecule has 0 aromatic heterocycles. The Kier molecular flexibility index (Phi) is 7.51. The molecule has 0 heterocycles. The van der Waals surface area contributed by atoms with Gasteiger partial charge in [-0.3, -0.25) is 0 Å². The molecule has 2 N–H and O–H groups in total. The second-order valence-electron chi connectivity index (χ2n) is 6.22. The SMILES string of the molecule is CCS(=O)(=O)NC[C@H](CC(C)C)NC(=O)OC(C)(C)C. The summed E-state index contributed by atoms with van der Waals surface area (Å²) >= 11 is 0. The van der Waals surface area contributed by atoms with Crippen LogP contribution in [-0.2, 0) is 14.8 Å². The number of amides is 1. The molecule has 1 amide bonds. The summed E-state index contributed by atoms with van der Waals surface area (Å²) < 4.78 is 30.6. The van der Waals surface area contributed by atoms with E-state index in [-0.39, 0.29) is 18.3 Å². The average molecular weight is 308 g/mol. The third-order valence-electron chi connectivity index (χ3n) is 2.41. The maximum Gasteiger partial charge on any atom is 0.407 e. The Morgan fingerprint density at radius 3 is 2.20 bits per heavy atom. The van der Waals surface area contributed by atoms with Crippen molar-refractivity contribution in [1.82, 2.24) is 10.0 Å². The minimum Gasteiger partial charge on any atom is -0.444 e. The highest BCUT2D eigenvalue weighted by atomic mass is 32.2. The van der Waals surface area contributed by atoms with Crippen LogP contribution in [-0.4, -0.2) is 38.5 Å². The van der Waals surface area contributed by atoms with Crippen molar-refractivity contribution in [3.05, 3.63) is 0 Å². The molecule has 0 aromatic carbocycles. The van der Waals surface area contributed by atoms with E-state index in [9.17, 15) is 13.2 Å². The highest BCUT2D eigenvalue weighted by Crippen LogP contribution is 2.09. The molecule has 0 saturated carbocycles. The van der Waals surface area contributed by atoms with Gasteiger partial charge in [0.15, 0.2) is 0 Å². The van der Waals surface area contributed by atoms with Crippen molar-refractivity contribution in [3.63, 3.8) is 0 Å². The molecule has 0 radical (unpaired) electrons. The molecular weight excluding hydrogens is 280 g/mol. The Bertz CT molecular complexity index is 399. The number of carbonyl (C=O) groups excluding carboxylic acids is 1. The maximum absolute atomic E-state index is 11.7. The minimum atomic E-state index is -3.26. The van der Waals surface area contributed by atoms with Gasteiger partial charge in [0.1, 0.15) is 5.60 Å². The van der Waals surface area contributed by atoms with Crippen molar-refractivity contribution in [2.45, 2.75) is 59.6 Å². The highest BCUT2D eigenvalue weighted by Gasteiger charge is 2.21. The lowest BCUT2D eigenvalue weighted by atomic mass is 10.0.